The van der Waals surface area contributed by atoms with Crippen LogP contribution in [0.4, 0.5) is 35.1 Å². The van der Waals surface area contributed by atoms with Gasteiger partial charge in [-0.1, -0.05) is 20.8 Å². The number of ether oxygens (including phenoxy) is 1. The van der Waals surface area contributed by atoms with Crippen molar-refractivity contribution in [3.8, 4) is 17.0 Å². The Bertz CT molecular complexity index is 1380. The Labute approximate surface area is 231 Å². The highest BCUT2D eigenvalue weighted by Crippen LogP contribution is 2.52. The van der Waals surface area contributed by atoms with Gasteiger partial charge in [0.15, 0.2) is 5.65 Å². The Balaban J connectivity index is 2.40. The molecule has 3 rings (SSSR count). The summed E-state index contributed by atoms with van der Waals surface area (Å²) in [6.45, 7) is 7.58. The maximum Gasteiger partial charge on any atom is 0.460 e. The number of hydrogen-bond acceptors (Lipinski definition) is 4. The highest BCUT2D eigenvalue weighted by Gasteiger charge is 2.74. The molecule has 0 aliphatic carbocycles. The van der Waals surface area contributed by atoms with E-state index in [-0.39, 0.29) is 39.4 Å². The largest absolute Gasteiger partial charge is 0.491 e. The normalized spacial score (nSPS) is 13.1. The van der Waals surface area contributed by atoms with E-state index in [1.54, 1.807) is 13.8 Å². The van der Waals surface area contributed by atoms with Crippen LogP contribution >= 0.6 is 0 Å². The molecular weight excluding hydrogens is 564 g/mol. The topological polar surface area (TPSA) is 59.7 Å². The molecule has 1 aromatic carbocycles. The van der Waals surface area contributed by atoms with E-state index in [1.807, 2.05) is 0 Å². The zero-order chi connectivity index (χ0) is 31.0. The van der Waals surface area contributed by atoms with Crippen molar-refractivity contribution in [2.75, 3.05) is 26.4 Å². The standard InChI is InChI=1S/C27H30F8N4O2/c1-6-38(7-2)21(40)14-18-22(16-8-10-17(11-9-16)41-13-12-28)37-39-20(15-19(24(3,4)5)36-23(18)39)25(29,30)26(31,32)27(33,34)35/h8-11,15H,6-7,12-14H2,1-5H3. The minimum Gasteiger partial charge on any atom is -0.491 e. The number of aromatic nitrogens is 3. The first-order valence-electron chi connectivity index (χ1n) is 12.7. The maximum atomic E-state index is 15.3. The molecule has 2 aromatic heterocycles. The summed E-state index contributed by atoms with van der Waals surface area (Å²) in [6.07, 6.45) is -7.04. The SMILES string of the molecule is CCN(CC)C(=O)Cc1c(-c2ccc(OCCF)cc2)nn2c(C(F)(F)C(F)(F)C(F)(F)F)cc(C(C)(C)C)nc12. The lowest BCUT2D eigenvalue weighted by atomic mass is 9.90. The quantitative estimate of drug-likeness (QED) is 0.244. The molecule has 0 bridgehead atoms. The Morgan fingerprint density at radius 1 is 0.976 bits per heavy atom. The van der Waals surface area contributed by atoms with E-state index >= 15 is 8.78 Å². The molecule has 1 amide bonds. The number of halogens is 8. The minimum absolute atomic E-state index is 0.0437. The van der Waals surface area contributed by atoms with Gasteiger partial charge in [-0.3, -0.25) is 4.79 Å². The van der Waals surface area contributed by atoms with E-state index in [9.17, 15) is 31.1 Å². The third-order valence-corrected chi connectivity index (χ3v) is 6.44. The molecule has 6 nitrogen and oxygen atoms in total. The summed E-state index contributed by atoms with van der Waals surface area (Å²) in [4.78, 5) is 18.9. The van der Waals surface area contributed by atoms with Gasteiger partial charge < -0.3 is 9.64 Å². The van der Waals surface area contributed by atoms with Crippen molar-refractivity contribution in [3.63, 3.8) is 0 Å². The van der Waals surface area contributed by atoms with Crippen LogP contribution in [-0.2, 0) is 22.6 Å². The first-order chi connectivity index (χ1) is 18.9. The molecule has 0 aliphatic heterocycles. The summed E-state index contributed by atoms with van der Waals surface area (Å²) in [7, 11) is 0. The van der Waals surface area contributed by atoms with Crippen LogP contribution in [0.5, 0.6) is 5.75 Å². The second kappa shape index (κ2) is 11.4. The molecule has 0 atom stereocenters. The van der Waals surface area contributed by atoms with Crippen molar-refractivity contribution in [1.82, 2.24) is 19.5 Å². The Kier molecular flexibility index (Phi) is 8.95. The lowest BCUT2D eigenvalue weighted by molar-refractivity contribution is -0.360. The summed E-state index contributed by atoms with van der Waals surface area (Å²) in [5.74, 6) is -12.4. The summed E-state index contributed by atoms with van der Waals surface area (Å²) in [6, 6.07) is 6.12. The van der Waals surface area contributed by atoms with Crippen molar-refractivity contribution in [3.05, 3.63) is 47.3 Å². The molecule has 0 unspecified atom stereocenters. The number of rotatable bonds is 10. The molecule has 0 aliphatic rings. The van der Waals surface area contributed by atoms with E-state index in [0.717, 1.165) is 0 Å². The van der Waals surface area contributed by atoms with E-state index < -0.39 is 53.8 Å². The van der Waals surface area contributed by atoms with Gasteiger partial charge in [0, 0.05) is 29.6 Å². The number of likely N-dealkylation sites (N-methyl/N-ethyl adjacent to an activating group) is 1. The first-order valence-corrected chi connectivity index (χ1v) is 12.7. The van der Waals surface area contributed by atoms with Gasteiger partial charge in [0.2, 0.25) is 5.91 Å². The van der Waals surface area contributed by atoms with Crippen molar-refractivity contribution < 1.29 is 44.7 Å². The fraction of sp³-hybridized carbons (Fsp3) is 0.519. The van der Waals surface area contributed by atoms with Gasteiger partial charge in [0.05, 0.1) is 17.8 Å². The Hall–Kier alpha value is -3.45. The molecule has 2 heterocycles. The maximum absolute atomic E-state index is 15.3. The lowest BCUT2D eigenvalue weighted by Crippen LogP contribution is -2.51. The van der Waals surface area contributed by atoms with Crippen LogP contribution in [0.15, 0.2) is 30.3 Å². The molecule has 3 aromatic rings. The van der Waals surface area contributed by atoms with Crippen LogP contribution in [0.2, 0.25) is 0 Å². The van der Waals surface area contributed by atoms with Crippen molar-refractivity contribution in [2.24, 2.45) is 0 Å². The molecule has 41 heavy (non-hydrogen) atoms. The number of hydrogen-bond donors (Lipinski definition) is 0. The number of fused-ring (bicyclic) bond motifs is 1. The van der Waals surface area contributed by atoms with E-state index in [2.05, 4.69) is 10.1 Å². The monoisotopic (exact) mass is 594 g/mol. The summed E-state index contributed by atoms with van der Waals surface area (Å²) < 4.78 is 117. The molecule has 0 fully saturated rings. The van der Waals surface area contributed by atoms with Gasteiger partial charge in [0.1, 0.15) is 24.7 Å². The van der Waals surface area contributed by atoms with Crippen LogP contribution in [0.3, 0.4) is 0 Å². The van der Waals surface area contributed by atoms with Crippen LogP contribution in [-0.4, -0.2) is 63.9 Å². The van der Waals surface area contributed by atoms with Gasteiger partial charge >= 0.3 is 18.0 Å². The van der Waals surface area contributed by atoms with Crippen LogP contribution < -0.4 is 4.74 Å². The van der Waals surface area contributed by atoms with E-state index in [0.29, 0.717) is 19.2 Å². The number of benzene rings is 1. The number of carbonyl (C=O) groups is 1. The third-order valence-electron chi connectivity index (χ3n) is 6.44. The Morgan fingerprint density at radius 2 is 1.56 bits per heavy atom. The zero-order valence-corrected chi connectivity index (χ0v) is 23.1. The molecule has 226 valence electrons. The van der Waals surface area contributed by atoms with Crippen molar-refractivity contribution in [1.29, 1.82) is 0 Å². The minimum atomic E-state index is -6.58. The highest BCUT2D eigenvalue weighted by atomic mass is 19.4. The van der Waals surface area contributed by atoms with Gasteiger partial charge in [-0.25, -0.2) is 13.9 Å². The smallest absolute Gasteiger partial charge is 0.460 e. The lowest BCUT2D eigenvalue weighted by Gasteiger charge is -2.29. The predicted molar refractivity (Wildman–Crippen MR) is 135 cm³/mol. The van der Waals surface area contributed by atoms with Gasteiger partial charge in [-0.2, -0.15) is 35.8 Å². The molecule has 0 saturated heterocycles. The fourth-order valence-corrected chi connectivity index (χ4v) is 4.11. The Morgan fingerprint density at radius 3 is 2.05 bits per heavy atom. The first kappa shape index (κ1) is 32.1. The molecule has 14 heteroatoms. The van der Waals surface area contributed by atoms with E-state index in [4.69, 9.17) is 4.74 Å². The van der Waals surface area contributed by atoms with Crippen LogP contribution in [0, 0.1) is 0 Å². The van der Waals surface area contributed by atoms with Gasteiger partial charge in [0.25, 0.3) is 0 Å². The van der Waals surface area contributed by atoms with E-state index in [1.165, 1.54) is 49.9 Å². The highest BCUT2D eigenvalue weighted by molar-refractivity contribution is 5.85. The molecular formula is C27H30F8N4O2. The molecule has 0 saturated carbocycles. The average Bonchev–Trinajstić information content (AvgIpc) is 3.24. The average molecular weight is 595 g/mol. The second-order valence-corrected chi connectivity index (χ2v) is 10.3. The zero-order valence-electron chi connectivity index (χ0n) is 23.1. The van der Waals surface area contributed by atoms with Crippen molar-refractivity contribution in [2.45, 2.75) is 64.5 Å². The summed E-state index contributed by atoms with van der Waals surface area (Å²) in [5, 5.41) is 4.03. The summed E-state index contributed by atoms with van der Waals surface area (Å²) >= 11 is 0. The number of alkyl halides is 8. The fourth-order valence-electron chi connectivity index (χ4n) is 4.11. The van der Waals surface area contributed by atoms with Gasteiger partial charge in [-0.05, 0) is 44.2 Å². The predicted octanol–water partition coefficient (Wildman–Crippen LogP) is 6.74. The molecule has 0 spiro atoms. The summed E-state index contributed by atoms with van der Waals surface area (Å²) in [5.41, 5.74) is -3.44. The molecule has 0 N–H and O–H groups in total. The number of nitrogens with zero attached hydrogens (tertiary/aromatic N) is 4. The number of carbonyl (C=O) groups excluding carboxylic acids is 1. The van der Waals surface area contributed by atoms with Crippen molar-refractivity contribution >= 4 is 11.6 Å². The second-order valence-electron chi connectivity index (χ2n) is 10.3. The van der Waals surface area contributed by atoms with Gasteiger partial charge in [-0.15, -0.1) is 0 Å². The number of amides is 1. The van der Waals surface area contributed by atoms with Crippen LogP contribution in [0.25, 0.3) is 16.9 Å². The third kappa shape index (κ3) is 6.10. The van der Waals surface area contributed by atoms with Crippen LogP contribution in [0.1, 0.15) is 51.6 Å². The molecule has 0 radical (unpaired) electrons.